The van der Waals surface area contributed by atoms with Crippen LogP contribution in [0.2, 0.25) is 0 Å². The van der Waals surface area contributed by atoms with Crippen molar-refractivity contribution in [3.05, 3.63) is 12.7 Å². The van der Waals surface area contributed by atoms with E-state index >= 15 is 0 Å². The van der Waals surface area contributed by atoms with E-state index in [9.17, 15) is 0 Å². The molecule has 66 valence electrons. The average Bonchev–Trinajstić information content (AvgIpc) is 1.86. The van der Waals surface area contributed by atoms with E-state index in [0.717, 1.165) is 12.3 Å². The van der Waals surface area contributed by atoms with Crippen LogP contribution in [0.25, 0.3) is 0 Å². The molecule has 0 radical (unpaired) electrons. The number of allylic oxidation sites excluding steroid dienone is 1. The molecule has 0 rings (SSSR count). The van der Waals surface area contributed by atoms with Crippen LogP contribution < -0.4 is 0 Å². The third-order valence-electron chi connectivity index (χ3n) is 2.29. The molecule has 0 heteroatoms. The van der Waals surface area contributed by atoms with Gasteiger partial charge >= 0.3 is 0 Å². The van der Waals surface area contributed by atoms with Crippen LogP contribution in [0.3, 0.4) is 0 Å². The largest absolute Gasteiger partial charge is 0.103 e. The van der Waals surface area contributed by atoms with Crippen LogP contribution in [-0.4, -0.2) is 0 Å². The van der Waals surface area contributed by atoms with Crippen molar-refractivity contribution in [1.82, 2.24) is 0 Å². The molecule has 0 nitrogen and oxygen atoms in total. The van der Waals surface area contributed by atoms with Gasteiger partial charge in [-0.25, -0.2) is 0 Å². The van der Waals surface area contributed by atoms with Gasteiger partial charge in [-0.2, -0.15) is 0 Å². The van der Waals surface area contributed by atoms with E-state index in [0.29, 0.717) is 5.41 Å². The Labute approximate surface area is 71.7 Å². The van der Waals surface area contributed by atoms with E-state index < -0.39 is 0 Å². The lowest BCUT2D eigenvalue weighted by Gasteiger charge is -2.26. The lowest BCUT2D eigenvalue weighted by atomic mass is 9.80. The fourth-order valence-electron chi connectivity index (χ4n) is 1.56. The molecule has 0 saturated carbocycles. The van der Waals surface area contributed by atoms with E-state index in [2.05, 4.69) is 34.3 Å². The predicted octanol–water partition coefficient (Wildman–Crippen LogP) is 4.02. The Hall–Kier alpha value is -0.260. The number of hydrogen-bond acceptors (Lipinski definition) is 0. The Bertz CT molecular complexity index is 111. The first-order valence-electron chi connectivity index (χ1n) is 4.62. The Morgan fingerprint density at radius 1 is 1.45 bits per heavy atom. The van der Waals surface area contributed by atoms with Gasteiger partial charge in [-0.15, -0.1) is 6.58 Å². The molecule has 0 fully saturated rings. The molecule has 0 aromatic rings. The molecular formula is C11H22. The molecule has 0 N–H and O–H groups in total. The van der Waals surface area contributed by atoms with E-state index in [1.165, 1.54) is 12.8 Å². The smallest absolute Gasteiger partial charge is 0.0302 e. The van der Waals surface area contributed by atoms with Crippen molar-refractivity contribution in [3.8, 4) is 0 Å². The predicted molar refractivity (Wildman–Crippen MR) is 52.7 cm³/mol. The van der Waals surface area contributed by atoms with Gasteiger partial charge in [0, 0.05) is 0 Å². The minimum absolute atomic E-state index is 0.456. The summed E-state index contributed by atoms with van der Waals surface area (Å²) in [6, 6.07) is 0. The van der Waals surface area contributed by atoms with Crippen LogP contribution in [0.4, 0.5) is 0 Å². The molecule has 0 spiro atoms. The first-order chi connectivity index (χ1) is 5.02. The summed E-state index contributed by atoms with van der Waals surface area (Å²) in [4.78, 5) is 0. The summed E-state index contributed by atoms with van der Waals surface area (Å²) in [6.45, 7) is 13.0. The van der Waals surface area contributed by atoms with Gasteiger partial charge in [-0.1, -0.05) is 40.2 Å². The molecule has 0 heterocycles. The second-order valence-electron chi connectivity index (χ2n) is 4.37. The topological polar surface area (TPSA) is 0 Å². The van der Waals surface area contributed by atoms with E-state index in [1.807, 2.05) is 6.08 Å². The zero-order chi connectivity index (χ0) is 8.91. The van der Waals surface area contributed by atoms with E-state index in [-0.39, 0.29) is 0 Å². The van der Waals surface area contributed by atoms with Crippen molar-refractivity contribution in [2.24, 2.45) is 11.3 Å². The van der Waals surface area contributed by atoms with Gasteiger partial charge in [0.05, 0.1) is 0 Å². The molecule has 1 atom stereocenters. The maximum atomic E-state index is 3.78. The highest BCUT2D eigenvalue weighted by Gasteiger charge is 2.18. The maximum Gasteiger partial charge on any atom is -0.0302 e. The molecular weight excluding hydrogens is 132 g/mol. The van der Waals surface area contributed by atoms with Crippen molar-refractivity contribution >= 4 is 0 Å². The van der Waals surface area contributed by atoms with Crippen LogP contribution in [0.5, 0.6) is 0 Å². The zero-order valence-electron chi connectivity index (χ0n) is 8.48. The molecule has 1 unspecified atom stereocenters. The van der Waals surface area contributed by atoms with Gasteiger partial charge < -0.3 is 0 Å². The van der Waals surface area contributed by atoms with Crippen molar-refractivity contribution in [2.75, 3.05) is 0 Å². The summed E-state index contributed by atoms with van der Waals surface area (Å²) in [5.74, 6) is 0.852. The summed E-state index contributed by atoms with van der Waals surface area (Å²) in [5.41, 5.74) is 0.456. The van der Waals surface area contributed by atoms with Gasteiger partial charge in [0.25, 0.3) is 0 Å². The van der Waals surface area contributed by atoms with Crippen molar-refractivity contribution in [2.45, 2.75) is 47.0 Å². The lowest BCUT2D eigenvalue weighted by molar-refractivity contribution is 0.276. The molecule has 0 aliphatic carbocycles. The Morgan fingerprint density at radius 3 is 2.36 bits per heavy atom. The Balaban J connectivity index is 3.79. The van der Waals surface area contributed by atoms with Gasteiger partial charge in [-0.3, -0.25) is 0 Å². The van der Waals surface area contributed by atoms with Crippen LogP contribution in [0, 0.1) is 11.3 Å². The van der Waals surface area contributed by atoms with Gasteiger partial charge in [0.2, 0.25) is 0 Å². The van der Waals surface area contributed by atoms with Crippen LogP contribution in [0.15, 0.2) is 12.7 Å². The molecule has 0 aliphatic rings. The summed E-state index contributed by atoms with van der Waals surface area (Å²) in [6.07, 6.45) is 5.77. The molecule has 0 saturated heterocycles. The van der Waals surface area contributed by atoms with Crippen molar-refractivity contribution in [3.63, 3.8) is 0 Å². The number of hydrogen-bond donors (Lipinski definition) is 0. The summed E-state index contributed by atoms with van der Waals surface area (Å²) in [5, 5.41) is 0. The minimum atomic E-state index is 0.456. The van der Waals surface area contributed by atoms with E-state index in [4.69, 9.17) is 0 Å². The van der Waals surface area contributed by atoms with Gasteiger partial charge in [0.1, 0.15) is 0 Å². The van der Waals surface area contributed by atoms with Crippen LogP contribution in [0.1, 0.15) is 47.0 Å². The highest BCUT2D eigenvalue weighted by molar-refractivity contribution is 4.80. The molecule has 0 aromatic carbocycles. The second kappa shape index (κ2) is 4.58. The molecule has 0 aromatic heterocycles. The highest BCUT2D eigenvalue weighted by Crippen LogP contribution is 2.30. The summed E-state index contributed by atoms with van der Waals surface area (Å²) in [7, 11) is 0. The molecule has 0 aliphatic heterocycles. The highest BCUT2D eigenvalue weighted by atomic mass is 14.2. The third kappa shape index (κ3) is 5.06. The maximum absolute atomic E-state index is 3.78. The third-order valence-corrected chi connectivity index (χ3v) is 2.29. The lowest BCUT2D eigenvalue weighted by Crippen LogP contribution is -2.14. The fourth-order valence-corrected chi connectivity index (χ4v) is 1.56. The number of rotatable bonds is 5. The molecule has 11 heavy (non-hydrogen) atoms. The minimum Gasteiger partial charge on any atom is -0.103 e. The van der Waals surface area contributed by atoms with Crippen LogP contribution in [-0.2, 0) is 0 Å². The zero-order valence-corrected chi connectivity index (χ0v) is 8.48. The summed E-state index contributed by atoms with van der Waals surface area (Å²) < 4.78 is 0. The van der Waals surface area contributed by atoms with Crippen molar-refractivity contribution in [1.29, 1.82) is 0 Å². The first-order valence-corrected chi connectivity index (χ1v) is 4.62. The SMILES string of the molecule is C=CCC(C)(C)CC(C)CC. The quantitative estimate of drug-likeness (QED) is 0.524. The normalized spacial score (nSPS) is 14.5. The standard InChI is InChI=1S/C11H22/c1-6-8-11(4,5)9-10(3)7-2/h6,10H,1,7-9H2,2-5H3. The average molecular weight is 154 g/mol. The Kier molecular flexibility index (Phi) is 4.48. The molecule has 0 bridgehead atoms. The van der Waals surface area contributed by atoms with Crippen LogP contribution >= 0.6 is 0 Å². The van der Waals surface area contributed by atoms with Gasteiger partial charge in [0.15, 0.2) is 0 Å². The van der Waals surface area contributed by atoms with Crippen molar-refractivity contribution < 1.29 is 0 Å². The summed E-state index contributed by atoms with van der Waals surface area (Å²) >= 11 is 0. The van der Waals surface area contributed by atoms with E-state index in [1.54, 1.807) is 0 Å². The fraction of sp³-hybridized carbons (Fsp3) is 0.818. The molecule has 0 amide bonds. The monoisotopic (exact) mass is 154 g/mol. The van der Waals surface area contributed by atoms with Gasteiger partial charge in [-0.05, 0) is 24.2 Å². The first kappa shape index (κ1) is 10.7. The Morgan fingerprint density at radius 2 is 2.00 bits per heavy atom. The second-order valence-corrected chi connectivity index (χ2v) is 4.37.